The maximum atomic E-state index is 13.4. The van der Waals surface area contributed by atoms with Crippen LogP contribution in [0.15, 0.2) is 42.7 Å². The molecule has 0 aliphatic carbocycles. The van der Waals surface area contributed by atoms with E-state index in [4.69, 9.17) is 9.47 Å². The van der Waals surface area contributed by atoms with Crippen molar-refractivity contribution in [3.63, 3.8) is 0 Å². The molecule has 3 atom stereocenters. The molecular formula is C26H34N4O5. The average Bonchev–Trinajstić information content (AvgIpc) is 2.87. The first-order valence-corrected chi connectivity index (χ1v) is 11.8. The Morgan fingerprint density at radius 1 is 1.23 bits per heavy atom. The Kier molecular flexibility index (Phi) is 8.81. The third-order valence-corrected chi connectivity index (χ3v) is 6.22. The molecule has 3 amide bonds. The number of benzene rings is 1. The summed E-state index contributed by atoms with van der Waals surface area (Å²) in [5.74, 6) is -0.205. The van der Waals surface area contributed by atoms with Crippen molar-refractivity contribution < 1.29 is 23.9 Å². The number of nitrogens with one attached hydrogen (secondary N) is 1. The predicted octanol–water partition coefficient (Wildman–Crippen LogP) is 3.08. The number of ether oxygens (including phenoxy) is 2. The lowest BCUT2D eigenvalue weighted by atomic mass is 10.0. The molecule has 2 heterocycles. The molecule has 1 aromatic carbocycles. The normalized spacial score (nSPS) is 21.3. The molecule has 3 rings (SSSR count). The van der Waals surface area contributed by atoms with Crippen molar-refractivity contribution >= 4 is 23.4 Å². The Bertz CT molecular complexity index is 1050. The zero-order chi connectivity index (χ0) is 25.5. The summed E-state index contributed by atoms with van der Waals surface area (Å²) in [4.78, 5) is 46.0. The average molecular weight is 483 g/mol. The summed E-state index contributed by atoms with van der Waals surface area (Å²) in [5.41, 5.74) is 1.41. The zero-order valence-corrected chi connectivity index (χ0v) is 21.0. The Balaban J connectivity index is 1.99. The number of nitrogens with zero attached hydrogens (tertiary/aromatic N) is 3. The fourth-order valence-electron chi connectivity index (χ4n) is 4.04. The van der Waals surface area contributed by atoms with Gasteiger partial charge in [0.25, 0.3) is 11.8 Å². The van der Waals surface area contributed by atoms with Gasteiger partial charge < -0.3 is 24.6 Å². The molecule has 35 heavy (non-hydrogen) atoms. The number of carbonyl (C=O) groups is 3. The highest BCUT2D eigenvalue weighted by atomic mass is 16.5. The monoisotopic (exact) mass is 482 g/mol. The van der Waals surface area contributed by atoms with E-state index >= 15 is 0 Å². The van der Waals surface area contributed by atoms with Crippen LogP contribution in [0.2, 0.25) is 0 Å². The standard InChI is InChI=1S/C26H34N4O5/c1-6-24(31)28-20-9-10-21-22(12-20)35-16-18(3)30(25(32)19-8-7-11-27-13-19)14-17(2)23(34-5)15-29(4)26(21)33/h7-13,17-18,23H,6,14-16H2,1-5H3,(H,28,31)/t17-,18-,23-/m1/s1. The van der Waals surface area contributed by atoms with E-state index in [2.05, 4.69) is 10.3 Å². The van der Waals surface area contributed by atoms with E-state index < -0.39 is 0 Å². The van der Waals surface area contributed by atoms with Gasteiger partial charge in [-0.15, -0.1) is 0 Å². The molecule has 1 aliphatic heterocycles. The van der Waals surface area contributed by atoms with Gasteiger partial charge in [-0.05, 0) is 31.2 Å². The van der Waals surface area contributed by atoms with Gasteiger partial charge in [0.1, 0.15) is 12.4 Å². The molecule has 188 valence electrons. The SMILES string of the molecule is CCC(=O)Nc1ccc2c(c1)OC[C@@H](C)N(C(=O)c1cccnc1)C[C@@H](C)[C@H](OC)CN(C)C2=O. The molecule has 0 bridgehead atoms. The van der Waals surface area contributed by atoms with Crippen molar-refractivity contribution in [3.05, 3.63) is 53.9 Å². The van der Waals surface area contributed by atoms with Crippen LogP contribution in [0.4, 0.5) is 5.69 Å². The number of fused-ring (bicyclic) bond motifs is 1. The van der Waals surface area contributed by atoms with Gasteiger partial charge in [0, 0.05) is 63.7 Å². The minimum atomic E-state index is -0.309. The van der Waals surface area contributed by atoms with Crippen LogP contribution in [0.25, 0.3) is 0 Å². The van der Waals surface area contributed by atoms with Crippen molar-refractivity contribution in [3.8, 4) is 5.75 Å². The Labute approximate surface area is 206 Å². The molecule has 1 N–H and O–H groups in total. The smallest absolute Gasteiger partial charge is 0.257 e. The number of methoxy groups -OCH3 is 1. The highest BCUT2D eigenvalue weighted by molar-refractivity contribution is 5.98. The largest absolute Gasteiger partial charge is 0.491 e. The van der Waals surface area contributed by atoms with E-state index in [1.54, 1.807) is 73.6 Å². The van der Waals surface area contributed by atoms with Crippen molar-refractivity contribution in [1.82, 2.24) is 14.8 Å². The van der Waals surface area contributed by atoms with Crippen LogP contribution in [0.1, 0.15) is 47.9 Å². The zero-order valence-electron chi connectivity index (χ0n) is 21.0. The van der Waals surface area contributed by atoms with Gasteiger partial charge in [-0.25, -0.2) is 0 Å². The lowest BCUT2D eigenvalue weighted by Gasteiger charge is -2.36. The number of hydrogen-bond acceptors (Lipinski definition) is 6. The van der Waals surface area contributed by atoms with E-state index in [1.807, 2.05) is 13.8 Å². The molecule has 2 aromatic rings. The number of aromatic nitrogens is 1. The van der Waals surface area contributed by atoms with Crippen molar-refractivity contribution in [1.29, 1.82) is 0 Å². The van der Waals surface area contributed by atoms with Gasteiger partial charge in [-0.2, -0.15) is 0 Å². The summed E-state index contributed by atoms with van der Waals surface area (Å²) in [6.07, 6.45) is 3.22. The number of likely N-dealkylation sites (N-methyl/N-ethyl adjacent to an activating group) is 1. The van der Waals surface area contributed by atoms with E-state index in [0.717, 1.165) is 0 Å². The summed E-state index contributed by atoms with van der Waals surface area (Å²) in [5, 5.41) is 2.80. The quantitative estimate of drug-likeness (QED) is 0.719. The second kappa shape index (κ2) is 11.8. The van der Waals surface area contributed by atoms with Crippen LogP contribution in [0.5, 0.6) is 5.75 Å². The summed E-state index contributed by atoms with van der Waals surface area (Å²) < 4.78 is 11.8. The molecular weight excluding hydrogens is 448 g/mol. The second-order valence-corrected chi connectivity index (χ2v) is 8.91. The summed E-state index contributed by atoms with van der Waals surface area (Å²) in [6, 6.07) is 8.15. The number of amides is 3. The number of rotatable bonds is 4. The van der Waals surface area contributed by atoms with Crippen molar-refractivity contribution in [2.24, 2.45) is 5.92 Å². The second-order valence-electron chi connectivity index (χ2n) is 8.91. The van der Waals surface area contributed by atoms with Gasteiger partial charge in [0.15, 0.2) is 0 Å². The minimum absolute atomic E-state index is 0.0520. The van der Waals surface area contributed by atoms with E-state index in [-0.39, 0.29) is 42.4 Å². The highest BCUT2D eigenvalue weighted by Crippen LogP contribution is 2.27. The lowest BCUT2D eigenvalue weighted by Crippen LogP contribution is -2.48. The van der Waals surface area contributed by atoms with Gasteiger partial charge in [-0.1, -0.05) is 13.8 Å². The molecule has 0 saturated carbocycles. The highest BCUT2D eigenvalue weighted by Gasteiger charge is 2.31. The summed E-state index contributed by atoms with van der Waals surface area (Å²) in [6.45, 7) is 6.59. The molecule has 0 unspecified atom stereocenters. The van der Waals surface area contributed by atoms with Crippen LogP contribution in [0.3, 0.4) is 0 Å². The number of pyridine rings is 1. The molecule has 9 nitrogen and oxygen atoms in total. The molecule has 0 fully saturated rings. The van der Waals surface area contributed by atoms with E-state index in [1.165, 1.54) is 0 Å². The van der Waals surface area contributed by atoms with Crippen LogP contribution in [-0.4, -0.2) is 78.5 Å². The van der Waals surface area contributed by atoms with Crippen molar-refractivity contribution in [2.75, 3.05) is 39.2 Å². The fraction of sp³-hybridized carbons (Fsp3) is 0.462. The first-order valence-electron chi connectivity index (χ1n) is 11.8. The number of hydrogen-bond donors (Lipinski definition) is 1. The van der Waals surface area contributed by atoms with Crippen LogP contribution in [0, 0.1) is 5.92 Å². The Morgan fingerprint density at radius 3 is 2.66 bits per heavy atom. The maximum absolute atomic E-state index is 13.4. The first-order chi connectivity index (χ1) is 16.7. The van der Waals surface area contributed by atoms with Gasteiger partial charge in [0.2, 0.25) is 5.91 Å². The molecule has 0 radical (unpaired) electrons. The molecule has 1 aromatic heterocycles. The lowest BCUT2D eigenvalue weighted by molar-refractivity contribution is -0.115. The van der Waals surface area contributed by atoms with E-state index in [0.29, 0.717) is 42.1 Å². The predicted molar refractivity (Wildman–Crippen MR) is 133 cm³/mol. The minimum Gasteiger partial charge on any atom is -0.491 e. The molecule has 9 heteroatoms. The van der Waals surface area contributed by atoms with Crippen LogP contribution >= 0.6 is 0 Å². The van der Waals surface area contributed by atoms with E-state index in [9.17, 15) is 14.4 Å². The topological polar surface area (TPSA) is 101 Å². The maximum Gasteiger partial charge on any atom is 0.257 e. The third-order valence-electron chi connectivity index (χ3n) is 6.22. The molecule has 1 aliphatic rings. The first kappa shape index (κ1) is 26.2. The van der Waals surface area contributed by atoms with Gasteiger partial charge in [0.05, 0.1) is 23.3 Å². The number of carbonyl (C=O) groups excluding carboxylic acids is 3. The van der Waals surface area contributed by atoms with Crippen LogP contribution < -0.4 is 10.1 Å². The van der Waals surface area contributed by atoms with Gasteiger partial charge in [-0.3, -0.25) is 19.4 Å². The summed E-state index contributed by atoms with van der Waals surface area (Å²) in [7, 11) is 3.33. The Hall–Kier alpha value is -3.46. The van der Waals surface area contributed by atoms with Crippen LogP contribution in [-0.2, 0) is 9.53 Å². The van der Waals surface area contributed by atoms with Crippen molar-refractivity contribution in [2.45, 2.75) is 39.3 Å². The third kappa shape index (κ3) is 6.36. The molecule has 0 saturated heterocycles. The number of anilines is 1. The summed E-state index contributed by atoms with van der Waals surface area (Å²) >= 11 is 0. The fourth-order valence-corrected chi connectivity index (χ4v) is 4.04. The molecule has 0 spiro atoms. The Morgan fingerprint density at radius 2 is 2.00 bits per heavy atom. The van der Waals surface area contributed by atoms with Gasteiger partial charge >= 0.3 is 0 Å².